The molecule has 0 aliphatic heterocycles. The minimum absolute atomic E-state index is 0. The number of hydrogen-bond donors (Lipinski definition) is 0. The maximum Gasteiger partial charge on any atom is 1.00 e. The van der Waals surface area contributed by atoms with Gasteiger partial charge < -0.3 is 29.4 Å². The zero-order chi connectivity index (χ0) is 10.2. The van der Waals surface area contributed by atoms with Gasteiger partial charge in [0.25, 0.3) is 0 Å². The second kappa shape index (κ2) is 7.97. The van der Waals surface area contributed by atoms with Gasteiger partial charge >= 0.3 is 37.7 Å². The Morgan fingerprint density at radius 2 is 1.16 bits per heavy atom. The van der Waals surface area contributed by atoms with Crippen LogP contribution >= 0.6 is 55.1 Å². The Kier molecular flexibility index (Phi) is 11.4. The molecule has 0 bridgehead atoms. The van der Waals surface area contributed by atoms with E-state index in [4.69, 9.17) is 23.2 Å². The third-order valence-electron chi connectivity index (χ3n) is 4.20. The molecule has 0 nitrogen and oxygen atoms in total. The molecule has 0 aromatic carbocycles. The summed E-state index contributed by atoms with van der Waals surface area (Å²) in [6.45, 7) is 0. The van der Waals surface area contributed by atoms with Gasteiger partial charge in [0.1, 0.15) is 0 Å². The van der Waals surface area contributed by atoms with Crippen molar-refractivity contribution >= 4 is 55.1 Å². The van der Waals surface area contributed by atoms with Crippen molar-refractivity contribution in [1.29, 1.82) is 0 Å². The quantitative estimate of drug-likeness (QED) is 0.198. The summed E-state index contributed by atoms with van der Waals surface area (Å²) in [6.07, 6.45) is 6.65. The number of hydrogen-bond acceptors (Lipinski definition) is 0. The minimum atomic E-state index is 0. The summed E-state index contributed by atoms with van der Waals surface area (Å²) in [5.74, 6) is 1.24. The Bertz CT molecular complexity index is 280. The van der Waals surface area contributed by atoms with Gasteiger partial charge in [0, 0.05) is 30.0 Å². The molecule has 8 heteroatoms. The van der Waals surface area contributed by atoms with E-state index < -0.39 is 0 Å². The molecule has 4 fully saturated rings. The molecule has 0 atom stereocenters. The van der Waals surface area contributed by atoms with E-state index in [1.165, 1.54) is 0 Å². The largest absolute Gasteiger partial charge is 1.00 e. The van der Waals surface area contributed by atoms with Crippen LogP contribution in [0, 0.1) is 22.7 Å². The van der Waals surface area contributed by atoms with Crippen LogP contribution in [0.15, 0.2) is 0 Å². The van der Waals surface area contributed by atoms with Gasteiger partial charge in [0.15, 0.2) is 10.8 Å². The first-order valence-corrected chi connectivity index (χ1v) is 7.47. The fraction of sp³-hybridized carbons (Fsp3) is 0.909. The van der Waals surface area contributed by atoms with Gasteiger partial charge in [-0.3, -0.25) is 0 Å². The number of rotatable bonds is 2. The molecule has 0 radical (unpaired) electrons. The molecular formula is C11H15Br3Cl3Li2+. The molecule has 0 amide bonds. The molecule has 0 unspecified atom stereocenters. The van der Waals surface area contributed by atoms with Gasteiger partial charge in [-0.15, -0.1) is 23.2 Å². The van der Waals surface area contributed by atoms with Crippen molar-refractivity contribution in [3.63, 3.8) is 0 Å². The van der Waals surface area contributed by atoms with Crippen LogP contribution in [0.3, 0.4) is 0 Å². The van der Waals surface area contributed by atoms with E-state index in [-0.39, 0.29) is 83.2 Å². The minimum Gasteiger partial charge on any atom is -1.00 e. The Labute approximate surface area is 184 Å². The van der Waals surface area contributed by atoms with Gasteiger partial charge in [-0.25, -0.2) is 0 Å². The molecule has 4 saturated carbocycles. The molecule has 0 N–H and O–H groups in total. The van der Waals surface area contributed by atoms with Crippen LogP contribution in [0.25, 0.3) is 0 Å². The molecule has 4 aliphatic rings. The number of halogens is 6. The van der Waals surface area contributed by atoms with E-state index in [9.17, 15) is 0 Å². The van der Waals surface area contributed by atoms with Crippen molar-refractivity contribution in [1.82, 2.24) is 0 Å². The molecule has 0 aromatic heterocycles. The monoisotopic (exact) mass is 503 g/mol. The summed E-state index contributed by atoms with van der Waals surface area (Å²) < 4.78 is 0.0243. The van der Waals surface area contributed by atoms with Crippen LogP contribution in [0.4, 0.5) is 0 Å². The van der Waals surface area contributed by atoms with Crippen LogP contribution in [0.1, 0.15) is 26.7 Å². The molecule has 0 aromatic rings. The van der Waals surface area contributed by atoms with E-state index in [2.05, 4.69) is 38.3 Å². The molecule has 0 heterocycles. The Hall–Kier alpha value is 3.37. The maximum atomic E-state index is 5.70. The van der Waals surface area contributed by atoms with E-state index in [0.29, 0.717) is 11.8 Å². The zero-order valence-electron chi connectivity index (χ0n) is 10.4. The molecule has 4 rings (SSSR count). The maximum absolute atomic E-state index is 5.70. The topological polar surface area (TPSA) is 0 Å². The first-order chi connectivity index (χ1) is 6.45. The van der Waals surface area contributed by atoms with E-state index >= 15 is 0 Å². The first kappa shape index (κ1) is 27.2. The summed E-state index contributed by atoms with van der Waals surface area (Å²) >= 11 is 18.3. The second-order valence-corrected chi connectivity index (χ2v) is 9.55. The Morgan fingerprint density at radius 1 is 0.947 bits per heavy atom. The summed E-state index contributed by atoms with van der Waals surface area (Å²) in [5, 5.41) is 0. The summed E-state index contributed by atoms with van der Waals surface area (Å²) in [6, 6.07) is 0. The Morgan fingerprint density at radius 3 is 1.16 bits per heavy atom. The molecule has 4 aliphatic carbocycles. The molecule has 0 saturated heterocycles. The molecule has 19 heavy (non-hydrogen) atoms. The van der Waals surface area contributed by atoms with Crippen molar-refractivity contribution in [3.8, 4) is 0 Å². The van der Waals surface area contributed by atoms with Crippen molar-refractivity contribution in [2.24, 2.45) is 16.2 Å². The third kappa shape index (κ3) is 4.26. The SMILES string of the molecule is C.ClCC1(CCl)CC1(Br)Br.[Br-].[CH+]1C23CC12C3.[Cl-].[Li+].[Li+]. The molecule has 0 spiro atoms. The molecular weight excluding hydrogens is 492 g/mol. The summed E-state index contributed by atoms with van der Waals surface area (Å²) in [4.78, 5) is 0. The van der Waals surface area contributed by atoms with E-state index in [1.54, 1.807) is 12.8 Å². The van der Waals surface area contributed by atoms with E-state index in [1.807, 2.05) is 0 Å². The standard InChI is InChI=1S/C5H6Br2Cl2.C5H5.CH4.BrH.ClH.2Li/c6-5(7)1-4(5,2-8)3-9;1-4-2-5(1,4)3-4;;;;;/h1-3H2;1H,2-3H2;1H4;2*1H;;/q;+1;;;;2*+1/p-2. The average Bonchev–Trinajstić information content (AvgIpc) is 2.80. The first-order valence-electron chi connectivity index (χ1n) is 4.82. The van der Waals surface area contributed by atoms with Crippen molar-refractivity contribution in [2.75, 3.05) is 11.8 Å². The summed E-state index contributed by atoms with van der Waals surface area (Å²) in [5.41, 5.74) is 1.97. The normalized spacial score (nSPS) is 36.8. The van der Waals surface area contributed by atoms with Crippen LogP contribution in [-0.2, 0) is 0 Å². The zero-order valence-corrected chi connectivity index (χ0v) is 17.4. The van der Waals surface area contributed by atoms with Crippen molar-refractivity contribution in [3.05, 3.63) is 6.42 Å². The third-order valence-corrected chi connectivity index (χ3v) is 7.46. The van der Waals surface area contributed by atoms with Crippen LogP contribution < -0.4 is 67.1 Å². The fourth-order valence-corrected chi connectivity index (χ4v) is 5.34. The van der Waals surface area contributed by atoms with Crippen molar-refractivity contribution in [2.45, 2.75) is 29.9 Å². The predicted octanol–water partition coefficient (Wildman–Crippen LogP) is -7.02. The second-order valence-electron chi connectivity index (χ2n) is 5.24. The van der Waals surface area contributed by atoms with Gasteiger partial charge in [-0.1, -0.05) is 39.3 Å². The van der Waals surface area contributed by atoms with Gasteiger partial charge in [-0.2, -0.15) is 0 Å². The smallest absolute Gasteiger partial charge is 1.00 e. The van der Waals surface area contributed by atoms with Crippen LogP contribution in [0.2, 0.25) is 0 Å². The fourth-order valence-electron chi connectivity index (χ4n) is 2.13. The summed E-state index contributed by atoms with van der Waals surface area (Å²) in [7, 11) is 0. The van der Waals surface area contributed by atoms with E-state index in [0.717, 1.165) is 17.3 Å². The van der Waals surface area contributed by atoms with Gasteiger partial charge in [0.2, 0.25) is 0 Å². The molecule has 102 valence electrons. The number of alkyl halides is 4. The van der Waals surface area contributed by atoms with Crippen LogP contribution in [0.5, 0.6) is 0 Å². The Balaban J connectivity index is -0.000000224. The van der Waals surface area contributed by atoms with Gasteiger partial charge in [0.05, 0.1) is 9.65 Å². The predicted molar refractivity (Wildman–Crippen MR) is 74.2 cm³/mol. The van der Waals surface area contributed by atoms with Crippen LogP contribution in [-0.4, -0.2) is 15.0 Å². The van der Waals surface area contributed by atoms with Crippen molar-refractivity contribution < 1.29 is 67.1 Å². The average molecular weight is 507 g/mol. The van der Waals surface area contributed by atoms with Gasteiger partial charge in [-0.05, 0) is 6.42 Å².